The summed E-state index contributed by atoms with van der Waals surface area (Å²) in [6, 6.07) is 7.21. The van der Waals surface area contributed by atoms with E-state index in [1.807, 2.05) is 19.1 Å². The van der Waals surface area contributed by atoms with Crippen LogP contribution >= 0.6 is 0 Å². The van der Waals surface area contributed by atoms with Gasteiger partial charge in [0, 0.05) is 13.0 Å². The molecule has 0 aromatic heterocycles. The lowest BCUT2D eigenvalue weighted by molar-refractivity contribution is -0.127. The zero-order chi connectivity index (χ0) is 13.5. The average Bonchev–Trinajstić information content (AvgIpc) is 2.31. The number of amides is 1. The van der Waals surface area contributed by atoms with Crippen LogP contribution in [0.3, 0.4) is 0 Å². The topological polar surface area (TPSA) is 55.4 Å². The van der Waals surface area contributed by atoms with Crippen molar-refractivity contribution in [3.8, 4) is 5.75 Å². The molecule has 0 aliphatic carbocycles. The van der Waals surface area contributed by atoms with Crippen molar-refractivity contribution in [1.29, 1.82) is 0 Å². The summed E-state index contributed by atoms with van der Waals surface area (Å²) in [5.41, 5.74) is 0.945. The number of nitrogens with one attached hydrogen (secondary N) is 1. The monoisotopic (exact) mass is 249 g/mol. The maximum Gasteiger partial charge on any atom is 0.260 e. The lowest BCUT2D eigenvalue weighted by Crippen LogP contribution is -2.36. The van der Waals surface area contributed by atoms with Gasteiger partial charge in [-0.1, -0.05) is 12.1 Å². The largest absolute Gasteiger partial charge is 0.481 e. The molecule has 1 aromatic carbocycles. The van der Waals surface area contributed by atoms with Gasteiger partial charge in [-0.05, 0) is 38.5 Å². The normalized spacial score (nSPS) is 11.7. The Labute approximate surface area is 107 Å². The SMILES string of the molecule is CCNC(=O)C(C)Oc1ccc(CC(C)=O)cc1. The van der Waals surface area contributed by atoms with E-state index in [2.05, 4.69) is 5.32 Å². The van der Waals surface area contributed by atoms with Gasteiger partial charge in [-0.2, -0.15) is 0 Å². The Balaban J connectivity index is 2.58. The number of carbonyl (C=O) groups excluding carboxylic acids is 2. The standard InChI is InChI=1S/C14H19NO3/c1-4-15-14(17)11(3)18-13-7-5-12(6-8-13)9-10(2)16/h5-8,11H,4,9H2,1-3H3,(H,15,17). The molecule has 0 radical (unpaired) electrons. The van der Waals surface area contributed by atoms with E-state index in [0.717, 1.165) is 5.56 Å². The van der Waals surface area contributed by atoms with Gasteiger partial charge in [0.25, 0.3) is 5.91 Å². The predicted octanol–water partition coefficient (Wildman–Crippen LogP) is 1.72. The highest BCUT2D eigenvalue weighted by molar-refractivity contribution is 5.80. The summed E-state index contributed by atoms with van der Waals surface area (Å²) in [7, 11) is 0. The molecular formula is C14H19NO3. The summed E-state index contributed by atoms with van der Waals surface area (Å²) in [5, 5.41) is 2.69. The van der Waals surface area contributed by atoms with Crippen LogP contribution in [0.15, 0.2) is 24.3 Å². The van der Waals surface area contributed by atoms with Crippen LogP contribution in [0.5, 0.6) is 5.75 Å². The Morgan fingerprint density at radius 3 is 2.39 bits per heavy atom. The van der Waals surface area contributed by atoms with E-state index >= 15 is 0 Å². The molecule has 0 saturated carbocycles. The van der Waals surface area contributed by atoms with Crippen LogP contribution in [-0.2, 0) is 16.0 Å². The van der Waals surface area contributed by atoms with Gasteiger partial charge >= 0.3 is 0 Å². The average molecular weight is 249 g/mol. The summed E-state index contributed by atoms with van der Waals surface area (Å²) >= 11 is 0. The van der Waals surface area contributed by atoms with Crippen LogP contribution in [0.2, 0.25) is 0 Å². The highest BCUT2D eigenvalue weighted by Crippen LogP contribution is 2.14. The number of hydrogen-bond donors (Lipinski definition) is 1. The van der Waals surface area contributed by atoms with Crippen molar-refractivity contribution < 1.29 is 14.3 Å². The summed E-state index contributed by atoms with van der Waals surface area (Å²) in [6.45, 7) is 5.71. The first-order chi connectivity index (χ1) is 8.52. The number of carbonyl (C=O) groups is 2. The molecule has 0 bridgehead atoms. The van der Waals surface area contributed by atoms with Crippen LogP contribution in [0, 0.1) is 0 Å². The van der Waals surface area contributed by atoms with Crippen molar-refractivity contribution in [2.75, 3.05) is 6.54 Å². The van der Waals surface area contributed by atoms with Crippen molar-refractivity contribution in [2.45, 2.75) is 33.3 Å². The summed E-state index contributed by atoms with van der Waals surface area (Å²) < 4.78 is 5.49. The maximum absolute atomic E-state index is 11.5. The van der Waals surface area contributed by atoms with E-state index in [-0.39, 0.29) is 11.7 Å². The molecule has 18 heavy (non-hydrogen) atoms. The van der Waals surface area contributed by atoms with Crippen LogP contribution in [-0.4, -0.2) is 24.3 Å². The van der Waals surface area contributed by atoms with Gasteiger partial charge in [-0.25, -0.2) is 0 Å². The summed E-state index contributed by atoms with van der Waals surface area (Å²) in [5.74, 6) is 0.616. The third kappa shape index (κ3) is 4.57. The quantitative estimate of drug-likeness (QED) is 0.835. The van der Waals surface area contributed by atoms with E-state index in [9.17, 15) is 9.59 Å². The van der Waals surface area contributed by atoms with E-state index in [1.54, 1.807) is 26.0 Å². The van der Waals surface area contributed by atoms with Crippen LogP contribution in [0.4, 0.5) is 0 Å². The second-order valence-corrected chi connectivity index (χ2v) is 4.18. The van der Waals surface area contributed by atoms with E-state index in [1.165, 1.54) is 0 Å². The molecule has 0 aliphatic rings. The number of likely N-dealkylation sites (N-methyl/N-ethyl adjacent to an activating group) is 1. The number of benzene rings is 1. The van der Waals surface area contributed by atoms with E-state index in [4.69, 9.17) is 4.74 Å². The van der Waals surface area contributed by atoms with Gasteiger partial charge in [0.05, 0.1) is 0 Å². The van der Waals surface area contributed by atoms with Crippen molar-refractivity contribution >= 4 is 11.7 Å². The Bertz CT molecular complexity index is 412. The molecule has 4 nitrogen and oxygen atoms in total. The lowest BCUT2D eigenvalue weighted by atomic mass is 10.1. The fourth-order valence-corrected chi connectivity index (χ4v) is 1.55. The fraction of sp³-hybridized carbons (Fsp3) is 0.429. The van der Waals surface area contributed by atoms with Crippen molar-refractivity contribution in [3.63, 3.8) is 0 Å². The van der Waals surface area contributed by atoms with Gasteiger partial charge in [0.2, 0.25) is 0 Å². The van der Waals surface area contributed by atoms with Crippen LogP contribution in [0.1, 0.15) is 26.3 Å². The van der Waals surface area contributed by atoms with Crippen LogP contribution < -0.4 is 10.1 Å². The molecule has 1 N–H and O–H groups in total. The second-order valence-electron chi connectivity index (χ2n) is 4.18. The number of hydrogen-bond acceptors (Lipinski definition) is 3. The molecule has 98 valence electrons. The van der Waals surface area contributed by atoms with Crippen LogP contribution in [0.25, 0.3) is 0 Å². The van der Waals surface area contributed by atoms with Gasteiger partial charge in [-0.15, -0.1) is 0 Å². The highest BCUT2D eigenvalue weighted by atomic mass is 16.5. The van der Waals surface area contributed by atoms with Gasteiger partial charge in [0.1, 0.15) is 11.5 Å². The Hall–Kier alpha value is -1.84. The minimum absolute atomic E-state index is 0.124. The number of Topliss-reactive ketones (excluding diaryl/α,β-unsaturated/α-hetero) is 1. The molecule has 0 spiro atoms. The molecule has 1 atom stereocenters. The zero-order valence-electron chi connectivity index (χ0n) is 11.0. The third-order valence-electron chi connectivity index (χ3n) is 2.41. The molecule has 0 fully saturated rings. The molecule has 1 amide bonds. The van der Waals surface area contributed by atoms with Gasteiger partial charge in [0.15, 0.2) is 6.10 Å². The molecule has 0 saturated heterocycles. The highest BCUT2D eigenvalue weighted by Gasteiger charge is 2.13. The smallest absolute Gasteiger partial charge is 0.260 e. The minimum Gasteiger partial charge on any atom is -0.481 e. The summed E-state index contributed by atoms with van der Waals surface area (Å²) in [4.78, 5) is 22.4. The number of ether oxygens (including phenoxy) is 1. The van der Waals surface area contributed by atoms with Crippen molar-refractivity contribution in [2.24, 2.45) is 0 Å². The number of ketones is 1. The van der Waals surface area contributed by atoms with Crippen molar-refractivity contribution in [1.82, 2.24) is 5.32 Å². The first-order valence-corrected chi connectivity index (χ1v) is 6.05. The fourth-order valence-electron chi connectivity index (χ4n) is 1.55. The van der Waals surface area contributed by atoms with E-state index in [0.29, 0.717) is 18.7 Å². The van der Waals surface area contributed by atoms with Crippen molar-refractivity contribution in [3.05, 3.63) is 29.8 Å². The molecule has 4 heteroatoms. The Morgan fingerprint density at radius 2 is 1.89 bits per heavy atom. The molecule has 1 aromatic rings. The first-order valence-electron chi connectivity index (χ1n) is 6.05. The molecule has 1 rings (SSSR count). The first kappa shape index (κ1) is 14.2. The maximum atomic E-state index is 11.5. The second kappa shape index (κ2) is 6.79. The third-order valence-corrected chi connectivity index (χ3v) is 2.41. The van der Waals surface area contributed by atoms with Gasteiger partial charge in [-0.3, -0.25) is 9.59 Å². The zero-order valence-corrected chi connectivity index (χ0v) is 11.0. The molecular weight excluding hydrogens is 230 g/mol. The lowest BCUT2D eigenvalue weighted by Gasteiger charge is -2.14. The molecule has 0 aliphatic heterocycles. The van der Waals surface area contributed by atoms with E-state index < -0.39 is 6.10 Å². The summed E-state index contributed by atoms with van der Waals surface area (Å²) in [6.07, 6.45) is -0.102. The Kier molecular flexibility index (Phi) is 5.36. The van der Waals surface area contributed by atoms with Gasteiger partial charge < -0.3 is 10.1 Å². The molecule has 0 heterocycles. The molecule has 1 unspecified atom stereocenters. The predicted molar refractivity (Wildman–Crippen MR) is 69.6 cm³/mol. The minimum atomic E-state index is -0.524. The Morgan fingerprint density at radius 1 is 1.28 bits per heavy atom. The number of rotatable bonds is 6.